The Bertz CT molecular complexity index is 454. The average molecular weight is 276 g/mol. The maximum atomic E-state index is 14.2. The summed E-state index contributed by atoms with van der Waals surface area (Å²) in [7, 11) is 0. The minimum atomic E-state index is -0.718. The van der Waals surface area contributed by atoms with E-state index in [0.717, 1.165) is 13.1 Å². The molecule has 0 aliphatic carbocycles. The Morgan fingerprint density at radius 3 is 2.60 bits per heavy atom. The Labute approximate surface area is 121 Å². The minimum Gasteiger partial charge on any atom is -0.320 e. The molecule has 110 valence electrons. The number of likely N-dealkylation sites (tertiary alicyclic amines) is 1. The predicted molar refractivity (Wildman–Crippen MR) is 82.0 cm³/mol. The Morgan fingerprint density at radius 2 is 2.00 bits per heavy atom. The van der Waals surface area contributed by atoms with E-state index in [1.54, 1.807) is 18.2 Å². The van der Waals surface area contributed by atoms with Crippen molar-refractivity contribution in [1.82, 2.24) is 4.90 Å². The van der Waals surface area contributed by atoms with E-state index in [1.165, 1.54) is 25.3 Å². The van der Waals surface area contributed by atoms with E-state index in [4.69, 9.17) is 5.73 Å². The van der Waals surface area contributed by atoms with Crippen LogP contribution in [0.5, 0.6) is 0 Å². The van der Waals surface area contributed by atoms with Crippen molar-refractivity contribution in [2.24, 2.45) is 5.73 Å². The van der Waals surface area contributed by atoms with Crippen molar-refractivity contribution >= 4 is 0 Å². The molecular formula is C17H25FN2. The quantitative estimate of drug-likeness (QED) is 0.835. The first-order chi connectivity index (χ1) is 9.59. The van der Waals surface area contributed by atoms with Gasteiger partial charge >= 0.3 is 0 Å². The molecule has 1 aliphatic rings. The van der Waals surface area contributed by atoms with Crippen LogP contribution in [-0.2, 0) is 5.54 Å². The SMILES string of the molecule is C=CCC(N)(c1ccccc1F)C(C)N1CCCCC1. The first kappa shape index (κ1) is 15.2. The Balaban J connectivity index is 2.32. The monoisotopic (exact) mass is 276 g/mol. The molecule has 0 amide bonds. The summed E-state index contributed by atoms with van der Waals surface area (Å²) in [5, 5.41) is 0. The third kappa shape index (κ3) is 2.94. The lowest BCUT2D eigenvalue weighted by Gasteiger charge is -2.43. The number of piperidine rings is 1. The summed E-state index contributed by atoms with van der Waals surface area (Å²) in [4.78, 5) is 2.39. The van der Waals surface area contributed by atoms with Gasteiger partial charge in [0.1, 0.15) is 5.82 Å². The van der Waals surface area contributed by atoms with Gasteiger partial charge in [0.15, 0.2) is 0 Å². The fourth-order valence-electron chi connectivity index (χ4n) is 3.21. The van der Waals surface area contributed by atoms with Crippen molar-refractivity contribution in [2.45, 2.75) is 44.2 Å². The Hall–Kier alpha value is -1.19. The lowest BCUT2D eigenvalue weighted by atomic mass is 9.80. The van der Waals surface area contributed by atoms with E-state index < -0.39 is 5.54 Å². The van der Waals surface area contributed by atoms with E-state index in [0.29, 0.717) is 12.0 Å². The van der Waals surface area contributed by atoms with Gasteiger partial charge < -0.3 is 5.73 Å². The molecule has 0 aromatic heterocycles. The lowest BCUT2D eigenvalue weighted by molar-refractivity contribution is 0.107. The van der Waals surface area contributed by atoms with Crippen molar-refractivity contribution in [3.63, 3.8) is 0 Å². The molecule has 1 aliphatic heterocycles. The van der Waals surface area contributed by atoms with Crippen LogP contribution >= 0.6 is 0 Å². The second kappa shape index (κ2) is 6.51. The summed E-state index contributed by atoms with van der Waals surface area (Å²) < 4.78 is 14.2. The smallest absolute Gasteiger partial charge is 0.128 e. The van der Waals surface area contributed by atoms with E-state index in [-0.39, 0.29) is 11.9 Å². The Kier molecular flexibility index (Phi) is 4.95. The molecular weight excluding hydrogens is 251 g/mol. The third-order valence-corrected chi connectivity index (χ3v) is 4.54. The van der Waals surface area contributed by atoms with E-state index in [1.807, 2.05) is 6.07 Å². The Morgan fingerprint density at radius 1 is 1.35 bits per heavy atom. The number of nitrogens with zero attached hydrogens (tertiary/aromatic N) is 1. The molecule has 1 heterocycles. The molecule has 0 bridgehead atoms. The van der Waals surface area contributed by atoms with Crippen molar-refractivity contribution in [1.29, 1.82) is 0 Å². The molecule has 2 nitrogen and oxygen atoms in total. The van der Waals surface area contributed by atoms with Crippen molar-refractivity contribution in [3.05, 3.63) is 48.3 Å². The third-order valence-electron chi connectivity index (χ3n) is 4.54. The first-order valence-corrected chi connectivity index (χ1v) is 7.48. The zero-order chi connectivity index (χ0) is 14.6. The molecule has 2 N–H and O–H groups in total. The lowest BCUT2D eigenvalue weighted by Crippen LogP contribution is -2.56. The fraction of sp³-hybridized carbons (Fsp3) is 0.529. The minimum absolute atomic E-state index is 0.0951. The highest BCUT2D eigenvalue weighted by molar-refractivity contribution is 5.29. The van der Waals surface area contributed by atoms with Crippen LogP contribution in [0.15, 0.2) is 36.9 Å². The summed E-state index contributed by atoms with van der Waals surface area (Å²) in [6.45, 7) is 8.01. The zero-order valence-electron chi connectivity index (χ0n) is 12.3. The van der Waals surface area contributed by atoms with Gasteiger partial charge in [-0.05, 0) is 45.3 Å². The number of benzene rings is 1. The average Bonchev–Trinajstić information content (AvgIpc) is 2.48. The second-order valence-corrected chi connectivity index (χ2v) is 5.79. The molecule has 1 aromatic rings. The van der Waals surface area contributed by atoms with Crippen LogP contribution in [0.4, 0.5) is 4.39 Å². The highest BCUT2D eigenvalue weighted by Crippen LogP contribution is 2.32. The first-order valence-electron chi connectivity index (χ1n) is 7.48. The number of hydrogen-bond donors (Lipinski definition) is 1. The molecule has 1 fully saturated rings. The molecule has 2 rings (SSSR count). The van der Waals surface area contributed by atoms with Gasteiger partial charge in [-0.25, -0.2) is 4.39 Å². The number of nitrogens with two attached hydrogens (primary N) is 1. The van der Waals surface area contributed by atoms with Gasteiger partial charge in [0.2, 0.25) is 0 Å². The van der Waals surface area contributed by atoms with E-state index in [2.05, 4.69) is 18.4 Å². The van der Waals surface area contributed by atoms with Crippen molar-refractivity contribution in [3.8, 4) is 0 Å². The van der Waals surface area contributed by atoms with Gasteiger partial charge in [-0.2, -0.15) is 0 Å². The van der Waals surface area contributed by atoms with Crippen LogP contribution in [0.3, 0.4) is 0 Å². The summed E-state index contributed by atoms with van der Waals surface area (Å²) in [5.41, 5.74) is 6.53. The molecule has 0 radical (unpaired) electrons. The van der Waals surface area contributed by atoms with Crippen molar-refractivity contribution in [2.75, 3.05) is 13.1 Å². The highest BCUT2D eigenvalue weighted by Gasteiger charge is 2.38. The van der Waals surface area contributed by atoms with Crippen LogP contribution in [0.1, 0.15) is 38.2 Å². The van der Waals surface area contributed by atoms with Gasteiger partial charge in [-0.15, -0.1) is 6.58 Å². The predicted octanol–water partition coefficient (Wildman–Crippen LogP) is 3.43. The van der Waals surface area contributed by atoms with Crippen LogP contribution in [-0.4, -0.2) is 24.0 Å². The van der Waals surface area contributed by atoms with Gasteiger partial charge in [0.25, 0.3) is 0 Å². The molecule has 3 heteroatoms. The zero-order valence-corrected chi connectivity index (χ0v) is 12.3. The van der Waals surface area contributed by atoms with Gasteiger partial charge in [-0.1, -0.05) is 30.7 Å². The molecule has 2 unspecified atom stereocenters. The number of rotatable bonds is 5. The molecule has 20 heavy (non-hydrogen) atoms. The summed E-state index contributed by atoms with van der Waals surface area (Å²) in [6, 6.07) is 6.95. The summed E-state index contributed by atoms with van der Waals surface area (Å²) >= 11 is 0. The van der Waals surface area contributed by atoms with E-state index in [9.17, 15) is 4.39 Å². The second-order valence-electron chi connectivity index (χ2n) is 5.79. The van der Waals surface area contributed by atoms with E-state index >= 15 is 0 Å². The summed E-state index contributed by atoms with van der Waals surface area (Å²) in [5.74, 6) is -0.222. The molecule has 0 spiro atoms. The van der Waals surface area contributed by atoms with Crippen molar-refractivity contribution < 1.29 is 4.39 Å². The topological polar surface area (TPSA) is 29.3 Å². The van der Waals surface area contributed by atoms with Crippen LogP contribution in [0, 0.1) is 5.82 Å². The fourth-order valence-corrected chi connectivity index (χ4v) is 3.21. The number of halogens is 1. The van der Waals surface area contributed by atoms with Crippen LogP contribution < -0.4 is 5.73 Å². The molecule has 0 saturated carbocycles. The normalized spacial score (nSPS) is 21.1. The van der Waals surface area contributed by atoms with Gasteiger partial charge in [0, 0.05) is 11.6 Å². The summed E-state index contributed by atoms with van der Waals surface area (Å²) in [6.07, 6.45) is 6.05. The number of hydrogen-bond acceptors (Lipinski definition) is 2. The van der Waals surface area contributed by atoms with Crippen LogP contribution in [0.2, 0.25) is 0 Å². The maximum Gasteiger partial charge on any atom is 0.128 e. The van der Waals surface area contributed by atoms with Gasteiger partial charge in [-0.3, -0.25) is 4.90 Å². The molecule has 1 aromatic carbocycles. The maximum absolute atomic E-state index is 14.2. The largest absolute Gasteiger partial charge is 0.320 e. The van der Waals surface area contributed by atoms with Gasteiger partial charge in [0.05, 0.1) is 5.54 Å². The highest BCUT2D eigenvalue weighted by atomic mass is 19.1. The molecule has 2 atom stereocenters. The van der Waals surface area contributed by atoms with Crippen LogP contribution in [0.25, 0.3) is 0 Å². The standard InChI is InChI=1S/C17H25FN2/c1-3-11-17(19,15-9-5-6-10-16(15)18)14(2)20-12-7-4-8-13-20/h3,5-6,9-10,14H,1,4,7-8,11-13,19H2,2H3. The molecule has 1 saturated heterocycles.